The zero-order valence-corrected chi connectivity index (χ0v) is 13.2. The van der Waals surface area contributed by atoms with Gasteiger partial charge in [-0.1, -0.05) is 30.7 Å². The third-order valence-corrected chi connectivity index (χ3v) is 3.50. The maximum absolute atomic E-state index is 11.7. The summed E-state index contributed by atoms with van der Waals surface area (Å²) in [5, 5.41) is 6.35. The van der Waals surface area contributed by atoms with Crippen LogP contribution in [0, 0.1) is 0 Å². The van der Waals surface area contributed by atoms with Crippen LogP contribution in [0.3, 0.4) is 0 Å². The number of ether oxygens (including phenoxy) is 1. The van der Waals surface area contributed by atoms with Crippen LogP contribution in [0.25, 0.3) is 0 Å². The second-order valence-electron chi connectivity index (χ2n) is 6.60. The van der Waals surface area contributed by atoms with E-state index >= 15 is 0 Å². The summed E-state index contributed by atoms with van der Waals surface area (Å²) in [6.45, 7) is 7.17. The molecule has 1 aliphatic heterocycles. The van der Waals surface area contributed by atoms with Gasteiger partial charge in [-0.25, -0.2) is 4.79 Å². The van der Waals surface area contributed by atoms with E-state index in [0.29, 0.717) is 12.6 Å². The Balaban J connectivity index is 1.90. The molecule has 1 saturated heterocycles. The fourth-order valence-corrected chi connectivity index (χ4v) is 2.54. The Labute approximate surface area is 127 Å². The van der Waals surface area contributed by atoms with Gasteiger partial charge in [0.05, 0.1) is 0 Å². The van der Waals surface area contributed by atoms with Crippen molar-refractivity contribution in [3.05, 3.63) is 35.4 Å². The van der Waals surface area contributed by atoms with E-state index in [1.807, 2.05) is 26.8 Å². The van der Waals surface area contributed by atoms with Gasteiger partial charge in [-0.15, -0.1) is 0 Å². The predicted octanol–water partition coefficient (Wildman–Crippen LogP) is 3.53. The first-order valence-corrected chi connectivity index (χ1v) is 7.73. The molecule has 1 aromatic carbocycles. The Morgan fingerprint density at radius 3 is 2.86 bits per heavy atom. The van der Waals surface area contributed by atoms with Gasteiger partial charge in [0.2, 0.25) is 0 Å². The van der Waals surface area contributed by atoms with Gasteiger partial charge in [0.15, 0.2) is 0 Å². The normalized spacial score (nSPS) is 19.1. The highest BCUT2D eigenvalue weighted by atomic mass is 16.6. The Bertz CT molecular complexity index is 474. The number of hydrogen-bond acceptors (Lipinski definition) is 3. The van der Waals surface area contributed by atoms with E-state index in [4.69, 9.17) is 4.74 Å². The molecule has 4 heteroatoms. The molecule has 1 fully saturated rings. The highest BCUT2D eigenvalue weighted by Crippen LogP contribution is 2.23. The molecule has 0 spiro atoms. The van der Waals surface area contributed by atoms with E-state index < -0.39 is 5.60 Å². The number of amides is 1. The van der Waals surface area contributed by atoms with E-state index in [0.717, 1.165) is 12.1 Å². The summed E-state index contributed by atoms with van der Waals surface area (Å²) >= 11 is 0. The minimum Gasteiger partial charge on any atom is -0.444 e. The zero-order valence-electron chi connectivity index (χ0n) is 13.2. The zero-order chi connectivity index (χ0) is 15.3. The first kappa shape index (κ1) is 15.8. The lowest BCUT2D eigenvalue weighted by molar-refractivity contribution is 0.0523. The Morgan fingerprint density at radius 1 is 1.38 bits per heavy atom. The molecular formula is C17H26N2O2. The van der Waals surface area contributed by atoms with Crippen LogP contribution < -0.4 is 10.6 Å². The average molecular weight is 290 g/mol. The van der Waals surface area contributed by atoms with Crippen LogP contribution in [0.1, 0.15) is 57.2 Å². The van der Waals surface area contributed by atoms with Gasteiger partial charge in [0.25, 0.3) is 0 Å². The quantitative estimate of drug-likeness (QED) is 0.895. The molecule has 2 rings (SSSR count). The minimum absolute atomic E-state index is 0.372. The molecule has 1 heterocycles. The van der Waals surface area contributed by atoms with Crippen LogP contribution in [-0.4, -0.2) is 18.2 Å². The van der Waals surface area contributed by atoms with Gasteiger partial charge in [0, 0.05) is 12.6 Å². The van der Waals surface area contributed by atoms with Gasteiger partial charge >= 0.3 is 6.09 Å². The van der Waals surface area contributed by atoms with E-state index in [9.17, 15) is 4.79 Å². The lowest BCUT2D eigenvalue weighted by atomic mass is 9.96. The standard InChI is InChI=1S/C17H26N2O2/c1-17(2,3)21-16(20)19-12-13-7-6-8-14(11-13)15-9-4-5-10-18-15/h6-8,11,15,18H,4-5,9-10,12H2,1-3H3,(H,19,20). The number of carbonyl (C=O) groups is 1. The van der Waals surface area contributed by atoms with Crippen molar-refractivity contribution in [1.82, 2.24) is 10.6 Å². The molecule has 0 radical (unpaired) electrons. The number of piperidine rings is 1. The van der Waals surface area contributed by atoms with Crippen LogP contribution >= 0.6 is 0 Å². The number of nitrogens with one attached hydrogen (secondary N) is 2. The summed E-state index contributed by atoms with van der Waals surface area (Å²) in [6.07, 6.45) is 3.35. The fourth-order valence-electron chi connectivity index (χ4n) is 2.54. The van der Waals surface area contributed by atoms with Crippen molar-refractivity contribution in [3.63, 3.8) is 0 Å². The summed E-state index contributed by atoms with van der Waals surface area (Å²) < 4.78 is 5.24. The molecular weight excluding hydrogens is 264 g/mol. The molecule has 1 amide bonds. The highest BCUT2D eigenvalue weighted by Gasteiger charge is 2.17. The SMILES string of the molecule is CC(C)(C)OC(=O)NCc1cccc(C2CCCCN2)c1. The van der Waals surface area contributed by atoms with Gasteiger partial charge in [-0.05, 0) is 51.3 Å². The molecule has 21 heavy (non-hydrogen) atoms. The molecule has 0 aromatic heterocycles. The summed E-state index contributed by atoms with van der Waals surface area (Å²) in [7, 11) is 0. The maximum Gasteiger partial charge on any atom is 0.407 e. The van der Waals surface area contributed by atoms with Crippen LogP contribution in [0.15, 0.2) is 24.3 Å². The minimum atomic E-state index is -0.460. The van der Waals surface area contributed by atoms with Crippen molar-refractivity contribution in [2.75, 3.05) is 6.54 Å². The van der Waals surface area contributed by atoms with Crippen molar-refractivity contribution in [3.8, 4) is 0 Å². The molecule has 1 unspecified atom stereocenters. The Hall–Kier alpha value is -1.55. The van der Waals surface area contributed by atoms with Crippen molar-refractivity contribution in [2.45, 2.75) is 58.2 Å². The van der Waals surface area contributed by atoms with Crippen LogP contribution in [0.2, 0.25) is 0 Å². The van der Waals surface area contributed by atoms with E-state index in [2.05, 4.69) is 28.8 Å². The van der Waals surface area contributed by atoms with Gasteiger partial charge in [0.1, 0.15) is 5.60 Å². The molecule has 116 valence electrons. The third-order valence-electron chi connectivity index (χ3n) is 3.50. The molecule has 1 aliphatic rings. The Morgan fingerprint density at radius 2 is 2.19 bits per heavy atom. The number of rotatable bonds is 3. The summed E-state index contributed by atoms with van der Waals surface area (Å²) in [4.78, 5) is 11.7. The average Bonchev–Trinajstić information content (AvgIpc) is 2.45. The Kier molecular flexibility index (Phi) is 5.23. The second-order valence-corrected chi connectivity index (χ2v) is 6.60. The van der Waals surface area contributed by atoms with Crippen molar-refractivity contribution in [1.29, 1.82) is 0 Å². The smallest absolute Gasteiger partial charge is 0.407 e. The predicted molar refractivity (Wildman–Crippen MR) is 84.1 cm³/mol. The molecule has 4 nitrogen and oxygen atoms in total. The van der Waals surface area contributed by atoms with Crippen LogP contribution in [0.4, 0.5) is 4.79 Å². The number of carbonyl (C=O) groups excluding carboxylic acids is 1. The first-order valence-electron chi connectivity index (χ1n) is 7.73. The molecule has 2 N–H and O–H groups in total. The van der Waals surface area contributed by atoms with Gasteiger partial charge in [-0.2, -0.15) is 0 Å². The monoisotopic (exact) mass is 290 g/mol. The lowest BCUT2D eigenvalue weighted by Gasteiger charge is -2.24. The lowest BCUT2D eigenvalue weighted by Crippen LogP contribution is -2.32. The topological polar surface area (TPSA) is 50.4 Å². The molecule has 0 saturated carbocycles. The van der Waals surface area contributed by atoms with Crippen molar-refractivity contribution >= 4 is 6.09 Å². The summed E-state index contributed by atoms with van der Waals surface area (Å²) in [5.41, 5.74) is 1.95. The third kappa shape index (κ3) is 5.38. The van der Waals surface area contributed by atoms with Gasteiger partial charge in [-0.3, -0.25) is 0 Å². The van der Waals surface area contributed by atoms with E-state index in [1.165, 1.54) is 24.8 Å². The van der Waals surface area contributed by atoms with Crippen LogP contribution in [-0.2, 0) is 11.3 Å². The largest absolute Gasteiger partial charge is 0.444 e. The van der Waals surface area contributed by atoms with Gasteiger partial charge < -0.3 is 15.4 Å². The number of benzene rings is 1. The fraction of sp³-hybridized carbons (Fsp3) is 0.588. The maximum atomic E-state index is 11.7. The second kappa shape index (κ2) is 6.94. The summed E-state index contributed by atoms with van der Waals surface area (Å²) in [5.74, 6) is 0. The molecule has 0 bridgehead atoms. The first-order chi connectivity index (χ1) is 9.94. The molecule has 1 atom stereocenters. The van der Waals surface area contributed by atoms with Crippen LogP contribution in [0.5, 0.6) is 0 Å². The summed E-state index contributed by atoms with van der Waals surface area (Å²) in [6, 6.07) is 8.85. The molecule has 1 aromatic rings. The van der Waals surface area contributed by atoms with E-state index in [-0.39, 0.29) is 6.09 Å². The number of hydrogen-bond donors (Lipinski definition) is 2. The highest BCUT2D eigenvalue weighted by molar-refractivity contribution is 5.67. The van der Waals surface area contributed by atoms with Crippen molar-refractivity contribution < 1.29 is 9.53 Å². The molecule has 0 aliphatic carbocycles. The van der Waals surface area contributed by atoms with E-state index in [1.54, 1.807) is 0 Å². The van der Waals surface area contributed by atoms with Crippen molar-refractivity contribution in [2.24, 2.45) is 0 Å². The number of alkyl carbamates (subject to hydrolysis) is 1.